The van der Waals surface area contributed by atoms with Crippen molar-refractivity contribution in [2.75, 3.05) is 5.32 Å². The number of fused-ring (bicyclic) bond motifs is 1. The molecule has 0 spiro atoms. The van der Waals surface area contributed by atoms with Gasteiger partial charge in [0.05, 0.1) is 5.69 Å². The maximum absolute atomic E-state index is 12.3. The zero-order valence-electron chi connectivity index (χ0n) is 10.6. The van der Waals surface area contributed by atoms with E-state index in [1.165, 1.54) is 5.69 Å². The zero-order chi connectivity index (χ0) is 13.4. The normalized spacial score (nSPS) is 13.4. The fraction of sp³-hybridized carbons (Fsp3) is 0.286. The molecule has 4 nitrogen and oxygen atoms in total. The number of aromatic nitrogens is 2. The molecule has 1 aliphatic rings. The minimum Gasteiger partial charge on any atom is -0.320 e. The number of halogens is 1. The van der Waals surface area contributed by atoms with Crippen molar-refractivity contribution in [3.05, 3.63) is 45.7 Å². The summed E-state index contributed by atoms with van der Waals surface area (Å²) in [4.78, 5) is 12.3. The van der Waals surface area contributed by atoms with Crippen molar-refractivity contribution >= 4 is 27.5 Å². The summed E-state index contributed by atoms with van der Waals surface area (Å²) in [6.07, 6.45) is 3.07. The standard InChI is InChI=1S/C14H14BrN3O/c1-18-12-8-4-5-9(12)13(17-18)14(19)16-11-7-3-2-6-10(11)15/h2-3,6-7H,4-5,8H2,1H3,(H,16,19). The summed E-state index contributed by atoms with van der Waals surface area (Å²) in [5, 5.41) is 7.26. The molecule has 1 aromatic heterocycles. The van der Waals surface area contributed by atoms with Crippen molar-refractivity contribution in [2.24, 2.45) is 7.05 Å². The largest absolute Gasteiger partial charge is 0.320 e. The highest BCUT2D eigenvalue weighted by molar-refractivity contribution is 9.10. The number of anilines is 1. The van der Waals surface area contributed by atoms with Crippen LogP contribution in [0, 0.1) is 0 Å². The molecule has 1 amide bonds. The fourth-order valence-electron chi connectivity index (χ4n) is 2.54. The number of carbonyl (C=O) groups is 1. The molecule has 0 saturated carbocycles. The van der Waals surface area contributed by atoms with Gasteiger partial charge in [-0.15, -0.1) is 0 Å². The Hall–Kier alpha value is -1.62. The molecule has 98 valence electrons. The van der Waals surface area contributed by atoms with Crippen molar-refractivity contribution in [1.29, 1.82) is 0 Å². The van der Waals surface area contributed by atoms with Crippen LogP contribution in [-0.2, 0) is 19.9 Å². The quantitative estimate of drug-likeness (QED) is 0.925. The van der Waals surface area contributed by atoms with E-state index in [-0.39, 0.29) is 5.91 Å². The first-order chi connectivity index (χ1) is 9.16. The molecule has 0 atom stereocenters. The Balaban J connectivity index is 1.90. The molecule has 0 aliphatic heterocycles. The second kappa shape index (κ2) is 4.81. The van der Waals surface area contributed by atoms with Crippen LogP contribution in [0.4, 0.5) is 5.69 Å². The maximum atomic E-state index is 12.3. The van der Waals surface area contributed by atoms with Gasteiger partial charge in [-0.2, -0.15) is 5.10 Å². The molecule has 0 saturated heterocycles. The van der Waals surface area contributed by atoms with Gasteiger partial charge in [0.1, 0.15) is 0 Å². The number of para-hydroxylation sites is 1. The van der Waals surface area contributed by atoms with Gasteiger partial charge in [-0.05, 0) is 47.3 Å². The molecule has 1 aliphatic carbocycles. The van der Waals surface area contributed by atoms with Gasteiger partial charge in [-0.1, -0.05) is 12.1 Å². The van der Waals surface area contributed by atoms with E-state index >= 15 is 0 Å². The van der Waals surface area contributed by atoms with Gasteiger partial charge in [0, 0.05) is 22.8 Å². The van der Waals surface area contributed by atoms with Crippen molar-refractivity contribution in [2.45, 2.75) is 19.3 Å². The number of hydrogen-bond acceptors (Lipinski definition) is 2. The van der Waals surface area contributed by atoms with E-state index < -0.39 is 0 Å². The number of nitrogens with one attached hydrogen (secondary N) is 1. The fourth-order valence-corrected chi connectivity index (χ4v) is 2.92. The number of hydrogen-bond donors (Lipinski definition) is 1. The minimum atomic E-state index is -0.134. The van der Waals surface area contributed by atoms with Gasteiger partial charge in [0.25, 0.3) is 5.91 Å². The van der Waals surface area contributed by atoms with Gasteiger partial charge in [-0.25, -0.2) is 0 Å². The molecule has 1 N–H and O–H groups in total. The molecule has 0 unspecified atom stereocenters. The lowest BCUT2D eigenvalue weighted by Crippen LogP contribution is -2.15. The third-order valence-electron chi connectivity index (χ3n) is 3.45. The third kappa shape index (κ3) is 2.18. The molecule has 3 rings (SSSR count). The van der Waals surface area contributed by atoms with E-state index in [2.05, 4.69) is 26.3 Å². The van der Waals surface area contributed by atoms with Crippen LogP contribution in [0.1, 0.15) is 28.2 Å². The van der Waals surface area contributed by atoms with Crippen LogP contribution in [0.3, 0.4) is 0 Å². The Morgan fingerprint density at radius 1 is 1.37 bits per heavy atom. The van der Waals surface area contributed by atoms with Crippen LogP contribution >= 0.6 is 15.9 Å². The molecule has 5 heteroatoms. The van der Waals surface area contributed by atoms with Crippen LogP contribution in [0.25, 0.3) is 0 Å². The third-order valence-corrected chi connectivity index (χ3v) is 4.14. The van der Waals surface area contributed by atoms with Crippen LogP contribution in [-0.4, -0.2) is 15.7 Å². The van der Waals surface area contributed by atoms with Crippen molar-refractivity contribution < 1.29 is 4.79 Å². The smallest absolute Gasteiger partial charge is 0.276 e. The zero-order valence-corrected chi connectivity index (χ0v) is 12.2. The highest BCUT2D eigenvalue weighted by Crippen LogP contribution is 2.26. The molecule has 2 aromatic rings. The van der Waals surface area contributed by atoms with Crippen LogP contribution in [0.2, 0.25) is 0 Å². The monoisotopic (exact) mass is 319 g/mol. The molecule has 0 fully saturated rings. The number of nitrogens with zero attached hydrogens (tertiary/aromatic N) is 2. The minimum absolute atomic E-state index is 0.134. The van der Waals surface area contributed by atoms with Crippen molar-refractivity contribution in [3.8, 4) is 0 Å². The van der Waals surface area contributed by atoms with E-state index in [0.29, 0.717) is 5.69 Å². The number of rotatable bonds is 2. The number of aryl methyl sites for hydroxylation is 1. The molecule has 19 heavy (non-hydrogen) atoms. The highest BCUT2D eigenvalue weighted by Gasteiger charge is 2.25. The summed E-state index contributed by atoms with van der Waals surface area (Å²) in [5.41, 5.74) is 3.62. The SMILES string of the molecule is Cn1nc(C(=O)Nc2ccccc2Br)c2c1CCC2. The summed E-state index contributed by atoms with van der Waals surface area (Å²) < 4.78 is 2.70. The summed E-state index contributed by atoms with van der Waals surface area (Å²) in [6, 6.07) is 7.57. The predicted octanol–water partition coefficient (Wildman–Crippen LogP) is 2.92. The first-order valence-corrected chi connectivity index (χ1v) is 7.06. The highest BCUT2D eigenvalue weighted by atomic mass is 79.9. The van der Waals surface area contributed by atoms with Crippen molar-refractivity contribution in [1.82, 2.24) is 9.78 Å². The van der Waals surface area contributed by atoms with E-state index in [1.807, 2.05) is 36.0 Å². The van der Waals surface area contributed by atoms with Gasteiger partial charge in [0.2, 0.25) is 0 Å². The molecule has 0 radical (unpaired) electrons. The summed E-state index contributed by atoms with van der Waals surface area (Å²) in [7, 11) is 1.90. The lowest BCUT2D eigenvalue weighted by molar-refractivity contribution is 0.102. The van der Waals surface area contributed by atoms with Gasteiger partial charge < -0.3 is 5.32 Å². The Kier molecular flexibility index (Phi) is 3.14. The van der Waals surface area contributed by atoms with Crippen LogP contribution < -0.4 is 5.32 Å². The second-order valence-corrected chi connectivity index (χ2v) is 5.54. The van der Waals surface area contributed by atoms with Crippen LogP contribution in [0.15, 0.2) is 28.7 Å². The lowest BCUT2D eigenvalue weighted by atomic mass is 10.2. The number of carbonyl (C=O) groups excluding carboxylic acids is 1. The Morgan fingerprint density at radius 3 is 2.95 bits per heavy atom. The lowest BCUT2D eigenvalue weighted by Gasteiger charge is -2.06. The molecule has 0 bridgehead atoms. The summed E-state index contributed by atoms with van der Waals surface area (Å²) in [6.45, 7) is 0. The first kappa shape index (κ1) is 12.4. The number of benzene rings is 1. The van der Waals surface area contributed by atoms with E-state index in [9.17, 15) is 4.79 Å². The van der Waals surface area contributed by atoms with E-state index in [4.69, 9.17) is 0 Å². The van der Waals surface area contributed by atoms with Crippen LogP contribution in [0.5, 0.6) is 0 Å². The predicted molar refractivity (Wildman–Crippen MR) is 77.3 cm³/mol. The van der Waals surface area contributed by atoms with Gasteiger partial charge in [-0.3, -0.25) is 9.48 Å². The van der Waals surface area contributed by atoms with Crippen molar-refractivity contribution in [3.63, 3.8) is 0 Å². The van der Waals surface area contributed by atoms with E-state index in [1.54, 1.807) is 0 Å². The Labute approximate surface area is 119 Å². The number of amides is 1. The summed E-state index contributed by atoms with van der Waals surface area (Å²) in [5.74, 6) is -0.134. The van der Waals surface area contributed by atoms with Gasteiger partial charge >= 0.3 is 0 Å². The molecule has 1 aromatic carbocycles. The average molecular weight is 320 g/mol. The Bertz CT molecular complexity index is 648. The maximum Gasteiger partial charge on any atom is 0.276 e. The molecular weight excluding hydrogens is 306 g/mol. The summed E-state index contributed by atoms with van der Waals surface area (Å²) >= 11 is 3.42. The Morgan fingerprint density at radius 2 is 2.16 bits per heavy atom. The molecular formula is C14H14BrN3O. The second-order valence-electron chi connectivity index (χ2n) is 4.68. The van der Waals surface area contributed by atoms with E-state index in [0.717, 1.165) is 35.0 Å². The van der Waals surface area contributed by atoms with Gasteiger partial charge in [0.15, 0.2) is 5.69 Å². The molecule has 1 heterocycles. The average Bonchev–Trinajstić information content (AvgIpc) is 2.97. The topological polar surface area (TPSA) is 46.9 Å². The first-order valence-electron chi connectivity index (χ1n) is 6.27.